The number of carbonyl (C=O) groups excluding carboxylic acids is 1. The lowest BCUT2D eigenvalue weighted by Gasteiger charge is -2.33. The van der Waals surface area contributed by atoms with Crippen LogP contribution in [0, 0.1) is 0 Å². The number of anilines is 1. The monoisotopic (exact) mass is 300 g/mol. The van der Waals surface area contributed by atoms with E-state index in [1.165, 1.54) is 6.07 Å². The normalized spacial score (nSPS) is 16.9. The van der Waals surface area contributed by atoms with Crippen LogP contribution in [0.2, 0.25) is 0 Å². The molecule has 2 aromatic carbocycles. The van der Waals surface area contributed by atoms with Gasteiger partial charge in [0.1, 0.15) is 0 Å². The Morgan fingerprint density at radius 2 is 2.05 bits per heavy atom. The summed E-state index contributed by atoms with van der Waals surface area (Å²) in [7, 11) is 0. The number of hydrogen-bond acceptors (Lipinski definition) is 5. The largest absolute Gasteiger partial charge is 0.504 e. The van der Waals surface area contributed by atoms with Gasteiger partial charge in [0.15, 0.2) is 17.7 Å². The van der Waals surface area contributed by atoms with Gasteiger partial charge < -0.3 is 15.2 Å². The van der Waals surface area contributed by atoms with Crippen LogP contribution in [0.5, 0.6) is 11.5 Å². The van der Waals surface area contributed by atoms with Crippen LogP contribution in [0.4, 0.5) is 5.69 Å². The number of ether oxygens (including phenoxy) is 1. The van der Waals surface area contributed by atoms with E-state index in [1.807, 2.05) is 13.0 Å². The van der Waals surface area contributed by atoms with Crippen molar-refractivity contribution in [1.82, 2.24) is 5.06 Å². The highest BCUT2D eigenvalue weighted by molar-refractivity contribution is 6.01. The third-order valence-electron chi connectivity index (χ3n) is 3.50. The number of phenolic OH excluding ortho intramolecular Hbond substituents is 1. The summed E-state index contributed by atoms with van der Waals surface area (Å²) in [6.45, 7) is 2.21. The lowest BCUT2D eigenvalue weighted by Crippen LogP contribution is -2.40. The van der Waals surface area contributed by atoms with E-state index >= 15 is 0 Å². The standard InChI is InChI=1S/C16H16N2O4/c1-2-22-14-9-10(7-8-13(14)19)15-17-12-6-4-3-5-11(12)16(20)18(15)21/h3-9,15,17,19,21H,2H2,1H3/t15-/m1/s1. The predicted molar refractivity (Wildman–Crippen MR) is 80.0 cm³/mol. The van der Waals surface area contributed by atoms with Gasteiger partial charge in [-0.15, -0.1) is 0 Å². The van der Waals surface area contributed by atoms with Crippen LogP contribution in [-0.4, -0.2) is 27.9 Å². The summed E-state index contributed by atoms with van der Waals surface area (Å²) in [5.74, 6) is -0.162. The van der Waals surface area contributed by atoms with Gasteiger partial charge in [0.25, 0.3) is 5.91 Å². The number of phenols is 1. The molecule has 0 radical (unpaired) electrons. The summed E-state index contributed by atoms with van der Waals surface area (Å²) in [6, 6.07) is 11.7. The van der Waals surface area contributed by atoms with Crippen LogP contribution in [0.1, 0.15) is 29.0 Å². The Labute approximate surface area is 127 Å². The first kappa shape index (κ1) is 14.2. The second-order valence-electron chi connectivity index (χ2n) is 4.90. The van der Waals surface area contributed by atoms with Gasteiger partial charge in [-0.2, -0.15) is 5.06 Å². The molecule has 6 heteroatoms. The number of fused-ring (bicyclic) bond motifs is 1. The molecule has 1 aliphatic rings. The van der Waals surface area contributed by atoms with Gasteiger partial charge in [-0.1, -0.05) is 18.2 Å². The molecule has 6 nitrogen and oxygen atoms in total. The van der Waals surface area contributed by atoms with E-state index < -0.39 is 12.1 Å². The van der Waals surface area contributed by atoms with Crippen LogP contribution in [-0.2, 0) is 0 Å². The lowest BCUT2D eigenvalue weighted by atomic mass is 10.0. The highest BCUT2D eigenvalue weighted by atomic mass is 16.5. The number of nitrogens with one attached hydrogen (secondary N) is 1. The number of para-hydroxylation sites is 1. The summed E-state index contributed by atoms with van der Waals surface area (Å²) in [4.78, 5) is 12.2. The molecule has 0 aliphatic carbocycles. The fraction of sp³-hybridized carbons (Fsp3) is 0.188. The summed E-state index contributed by atoms with van der Waals surface area (Å²) >= 11 is 0. The van der Waals surface area contributed by atoms with E-state index in [0.29, 0.717) is 34.2 Å². The molecule has 0 unspecified atom stereocenters. The van der Waals surface area contributed by atoms with Crippen molar-refractivity contribution in [2.24, 2.45) is 0 Å². The minimum atomic E-state index is -0.748. The molecule has 3 rings (SSSR count). The number of aromatic hydroxyl groups is 1. The van der Waals surface area contributed by atoms with Gasteiger partial charge in [0.2, 0.25) is 0 Å². The quantitative estimate of drug-likeness (QED) is 0.759. The van der Waals surface area contributed by atoms with Crippen molar-refractivity contribution in [3.05, 3.63) is 53.6 Å². The zero-order valence-corrected chi connectivity index (χ0v) is 12.0. The predicted octanol–water partition coefficient (Wildman–Crippen LogP) is 2.75. The molecule has 1 amide bonds. The SMILES string of the molecule is CCOc1cc([C@@H]2Nc3ccccc3C(=O)N2O)ccc1O. The molecular weight excluding hydrogens is 284 g/mol. The topological polar surface area (TPSA) is 82.0 Å². The number of hydrogen-bond donors (Lipinski definition) is 3. The van der Waals surface area contributed by atoms with Gasteiger partial charge in [-0.05, 0) is 31.2 Å². The first-order valence-corrected chi connectivity index (χ1v) is 6.95. The van der Waals surface area contributed by atoms with Gasteiger partial charge in [-0.25, -0.2) is 0 Å². The molecule has 0 bridgehead atoms. The molecule has 0 saturated carbocycles. The summed E-state index contributed by atoms with van der Waals surface area (Å²) < 4.78 is 5.34. The number of hydroxylamine groups is 2. The van der Waals surface area contributed by atoms with E-state index in [4.69, 9.17) is 4.74 Å². The molecule has 114 valence electrons. The maximum absolute atomic E-state index is 12.2. The van der Waals surface area contributed by atoms with Gasteiger partial charge in [0, 0.05) is 11.3 Å². The third kappa shape index (κ3) is 2.33. The van der Waals surface area contributed by atoms with Crippen LogP contribution in [0.15, 0.2) is 42.5 Å². The Morgan fingerprint density at radius 1 is 1.27 bits per heavy atom. The molecule has 22 heavy (non-hydrogen) atoms. The molecule has 1 heterocycles. The molecule has 0 fully saturated rings. The van der Waals surface area contributed by atoms with Crippen molar-refractivity contribution < 1.29 is 19.8 Å². The van der Waals surface area contributed by atoms with Gasteiger partial charge in [0.05, 0.1) is 12.2 Å². The second-order valence-corrected chi connectivity index (χ2v) is 4.90. The lowest BCUT2D eigenvalue weighted by molar-refractivity contribution is -0.0851. The first-order valence-electron chi connectivity index (χ1n) is 6.95. The number of amides is 1. The van der Waals surface area contributed by atoms with E-state index in [0.717, 1.165) is 0 Å². The summed E-state index contributed by atoms with van der Waals surface area (Å²) in [5, 5.41) is 23.6. The second kappa shape index (κ2) is 5.57. The zero-order chi connectivity index (χ0) is 15.7. The third-order valence-corrected chi connectivity index (χ3v) is 3.50. The molecule has 0 aromatic heterocycles. The van der Waals surface area contributed by atoms with E-state index in [1.54, 1.807) is 30.3 Å². The Balaban J connectivity index is 1.99. The average molecular weight is 300 g/mol. The summed E-state index contributed by atoms with van der Waals surface area (Å²) in [5.41, 5.74) is 1.66. The summed E-state index contributed by atoms with van der Waals surface area (Å²) in [6.07, 6.45) is -0.748. The molecule has 0 saturated heterocycles. The molecule has 1 atom stereocenters. The zero-order valence-electron chi connectivity index (χ0n) is 12.0. The molecule has 2 aromatic rings. The fourth-order valence-electron chi connectivity index (χ4n) is 2.44. The Hall–Kier alpha value is -2.73. The number of nitrogens with zero attached hydrogens (tertiary/aromatic N) is 1. The van der Waals surface area contributed by atoms with E-state index in [2.05, 4.69) is 5.32 Å². The molecule has 1 aliphatic heterocycles. The maximum Gasteiger partial charge on any atom is 0.281 e. The minimum absolute atomic E-state index is 0.0117. The number of benzene rings is 2. The Kier molecular flexibility index (Phi) is 3.60. The van der Waals surface area contributed by atoms with Crippen LogP contribution in [0.25, 0.3) is 0 Å². The number of carbonyl (C=O) groups is 1. The minimum Gasteiger partial charge on any atom is -0.504 e. The maximum atomic E-state index is 12.2. The highest BCUT2D eigenvalue weighted by Gasteiger charge is 2.32. The Bertz CT molecular complexity index is 717. The van der Waals surface area contributed by atoms with Crippen molar-refractivity contribution in [3.63, 3.8) is 0 Å². The van der Waals surface area contributed by atoms with Crippen molar-refractivity contribution in [1.29, 1.82) is 0 Å². The average Bonchev–Trinajstić information content (AvgIpc) is 2.53. The molecular formula is C16H16N2O4. The van der Waals surface area contributed by atoms with Crippen molar-refractivity contribution in [2.45, 2.75) is 13.1 Å². The number of rotatable bonds is 3. The van der Waals surface area contributed by atoms with E-state index in [-0.39, 0.29) is 5.75 Å². The molecule has 3 N–H and O–H groups in total. The van der Waals surface area contributed by atoms with Crippen molar-refractivity contribution in [3.8, 4) is 11.5 Å². The van der Waals surface area contributed by atoms with Gasteiger partial charge in [-0.3, -0.25) is 10.0 Å². The van der Waals surface area contributed by atoms with Crippen molar-refractivity contribution >= 4 is 11.6 Å². The first-order chi connectivity index (χ1) is 10.6. The van der Waals surface area contributed by atoms with Gasteiger partial charge >= 0.3 is 0 Å². The van der Waals surface area contributed by atoms with Crippen LogP contribution in [0.3, 0.4) is 0 Å². The van der Waals surface area contributed by atoms with Crippen molar-refractivity contribution in [2.75, 3.05) is 11.9 Å². The van der Waals surface area contributed by atoms with Crippen LogP contribution < -0.4 is 10.1 Å². The highest BCUT2D eigenvalue weighted by Crippen LogP contribution is 2.35. The fourth-order valence-corrected chi connectivity index (χ4v) is 2.44. The van der Waals surface area contributed by atoms with E-state index in [9.17, 15) is 15.1 Å². The van der Waals surface area contributed by atoms with Crippen LogP contribution >= 0.6 is 0 Å². The Morgan fingerprint density at radius 3 is 2.82 bits per heavy atom. The smallest absolute Gasteiger partial charge is 0.281 e. The molecule has 0 spiro atoms.